The van der Waals surface area contributed by atoms with Crippen molar-refractivity contribution in [3.05, 3.63) is 34.7 Å². The molecule has 1 heterocycles. The Kier molecular flexibility index (Phi) is 6.88. The molecule has 2 aromatic rings. The number of amides is 2. The zero-order valence-electron chi connectivity index (χ0n) is 17.2. The molecule has 8 nitrogen and oxygen atoms in total. The van der Waals surface area contributed by atoms with Crippen molar-refractivity contribution in [3.8, 4) is 0 Å². The number of alkyl carbamates (subject to hydrolysis) is 1. The van der Waals surface area contributed by atoms with E-state index in [1.165, 1.54) is 0 Å². The van der Waals surface area contributed by atoms with Crippen LogP contribution in [0.15, 0.2) is 29.1 Å². The number of rotatable bonds is 7. The van der Waals surface area contributed by atoms with Crippen molar-refractivity contribution in [2.24, 2.45) is 5.92 Å². The first-order valence-corrected chi connectivity index (χ1v) is 9.57. The van der Waals surface area contributed by atoms with Crippen molar-refractivity contribution in [2.45, 2.75) is 59.2 Å². The molecule has 0 spiro atoms. The molecular formula is C20H30N4O4. The molecule has 1 aromatic heterocycles. The van der Waals surface area contributed by atoms with Gasteiger partial charge in [-0.15, -0.1) is 0 Å². The van der Waals surface area contributed by atoms with E-state index in [4.69, 9.17) is 4.74 Å². The molecule has 2 rings (SSSR count). The van der Waals surface area contributed by atoms with Crippen LogP contribution in [-0.4, -0.2) is 39.7 Å². The molecule has 0 bridgehead atoms. The average molecular weight is 390 g/mol. The fourth-order valence-corrected chi connectivity index (χ4v) is 2.87. The van der Waals surface area contributed by atoms with Crippen LogP contribution in [0.3, 0.4) is 0 Å². The minimum Gasteiger partial charge on any atom is -0.444 e. The van der Waals surface area contributed by atoms with E-state index in [-0.39, 0.29) is 24.1 Å². The van der Waals surface area contributed by atoms with E-state index in [1.54, 1.807) is 25.3 Å². The summed E-state index contributed by atoms with van der Waals surface area (Å²) < 4.78 is 6.84. The quantitative estimate of drug-likeness (QED) is 0.675. The van der Waals surface area contributed by atoms with Crippen LogP contribution >= 0.6 is 0 Å². The van der Waals surface area contributed by atoms with Gasteiger partial charge in [0.25, 0.3) is 0 Å². The summed E-state index contributed by atoms with van der Waals surface area (Å²) in [6, 6.07) is 6.67. The van der Waals surface area contributed by atoms with Crippen molar-refractivity contribution in [1.82, 2.24) is 20.2 Å². The summed E-state index contributed by atoms with van der Waals surface area (Å²) in [5.41, 5.74) is 0.674. The number of aromatic amines is 1. The van der Waals surface area contributed by atoms with E-state index >= 15 is 0 Å². The monoisotopic (exact) mass is 390 g/mol. The van der Waals surface area contributed by atoms with Crippen LogP contribution in [0.5, 0.6) is 0 Å². The highest BCUT2D eigenvalue weighted by Crippen LogP contribution is 2.12. The molecule has 0 saturated heterocycles. The summed E-state index contributed by atoms with van der Waals surface area (Å²) >= 11 is 0. The van der Waals surface area contributed by atoms with Crippen molar-refractivity contribution in [3.63, 3.8) is 0 Å². The van der Waals surface area contributed by atoms with Gasteiger partial charge in [0.15, 0.2) is 0 Å². The highest BCUT2D eigenvalue weighted by atomic mass is 16.6. The smallest absolute Gasteiger partial charge is 0.408 e. The average Bonchev–Trinajstić information content (AvgIpc) is 2.93. The third-order valence-corrected chi connectivity index (χ3v) is 4.48. The van der Waals surface area contributed by atoms with Gasteiger partial charge in [0.1, 0.15) is 11.6 Å². The fraction of sp³-hybridized carbons (Fsp3) is 0.550. The molecule has 1 aromatic carbocycles. The maximum Gasteiger partial charge on any atom is 0.408 e. The van der Waals surface area contributed by atoms with Gasteiger partial charge in [-0.1, -0.05) is 32.4 Å². The summed E-state index contributed by atoms with van der Waals surface area (Å²) in [6.07, 6.45) is 0.0938. The second-order valence-electron chi connectivity index (χ2n) is 7.90. The topological polar surface area (TPSA) is 105 Å². The van der Waals surface area contributed by atoms with Crippen LogP contribution in [0.2, 0.25) is 0 Å². The highest BCUT2D eigenvalue weighted by molar-refractivity contribution is 5.86. The van der Waals surface area contributed by atoms with Crippen LogP contribution < -0.4 is 16.3 Å². The van der Waals surface area contributed by atoms with Crippen molar-refractivity contribution >= 4 is 23.0 Å². The molecule has 0 saturated carbocycles. The number of H-pyrrole nitrogens is 1. The maximum atomic E-state index is 12.6. The Bertz CT molecular complexity index is 878. The molecular weight excluding hydrogens is 360 g/mol. The van der Waals surface area contributed by atoms with Crippen LogP contribution in [0.4, 0.5) is 4.79 Å². The summed E-state index contributed by atoms with van der Waals surface area (Å²) in [4.78, 5) is 39.6. The molecule has 2 amide bonds. The van der Waals surface area contributed by atoms with Crippen molar-refractivity contribution < 1.29 is 14.3 Å². The van der Waals surface area contributed by atoms with Gasteiger partial charge in [0, 0.05) is 13.1 Å². The normalized spacial score (nSPS) is 13.8. The molecule has 0 aliphatic rings. The lowest BCUT2D eigenvalue weighted by Gasteiger charge is -2.26. The van der Waals surface area contributed by atoms with E-state index in [0.29, 0.717) is 6.54 Å². The number of benzene rings is 1. The van der Waals surface area contributed by atoms with Crippen LogP contribution in [0.1, 0.15) is 41.0 Å². The molecule has 28 heavy (non-hydrogen) atoms. The number of nitrogens with zero attached hydrogens (tertiary/aromatic N) is 1. The molecule has 0 aliphatic carbocycles. The first kappa shape index (κ1) is 21.5. The fourth-order valence-electron chi connectivity index (χ4n) is 2.87. The molecule has 0 aliphatic heterocycles. The third kappa shape index (κ3) is 5.61. The van der Waals surface area contributed by atoms with Gasteiger partial charge in [-0.3, -0.25) is 9.36 Å². The number of aromatic nitrogens is 2. The molecule has 2 atom stereocenters. The number of fused-ring (bicyclic) bond motifs is 1. The molecule has 8 heteroatoms. The second kappa shape index (κ2) is 8.95. The number of hydrogen-bond acceptors (Lipinski definition) is 4. The van der Waals surface area contributed by atoms with Gasteiger partial charge in [0.05, 0.1) is 11.0 Å². The molecule has 3 N–H and O–H groups in total. The Balaban J connectivity index is 2.00. The Morgan fingerprint density at radius 1 is 1.25 bits per heavy atom. The lowest BCUT2D eigenvalue weighted by atomic mass is 9.98. The molecule has 0 fully saturated rings. The largest absolute Gasteiger partial charge is 0.444 e. The van der Waals surface area contributed by atoms with Crippen molar-refractivity contribution in [1.29, 1.82) is 0 Å². The zero-order chi connectivity index (χ0) is 20.9. The summed E-state index contributed by atoms with van der Waals surface area (Å²) in [7, 11) is 0. The highest BCUT2D eigenvalue weighted by Gasteiger charge is 2.28. The Morgan fingerprint density at radius 2 is 1.93 bits per heavy atom. The SMILES string of the molecule is CCC(C)C(NC(=O)OC(C)(C)C)C(=O)NCCn1c(=O)[nH]c2ccccc21. The number of carbonyl (C=O) groups excluding carboxylic acids is 2. The molecule has 2 unspecified atom stereocenters. The summed E-state index contributed by atoms with van der Waals surface area (Å²) in [5, 5.41) is 5.47. The Hall–Kier alpha value is -2.77. The van der Waals surface area contributed by atoms with Gasteiger partial charge >= 0.3 is 11.8 Å². The number of hydrogen-bond donors (Lipinski definition) is 3. The van der Waals surface area contributed by atoms with Gasteiger partial charge in [0.2, 0.25) is 5.91 Å². The van der Waals surface area contributed by atoms with Crippen LogP contribution in [0, 0.1) is 5.92 Å². The maximum absolute atomic E-state index is 12.6. The van der Waals surface area contributed by atoms with Gasteiger partial charge in [-0.2, -0.15) is 0 Å². The van der Waals surface area contributed by atoms with E-state index < -0.39 is 17.7 Å². The van der Waals surface area contributed by atoms with Gasteiger partial charge in [-0.05, 0) is 38.8 Å². The standard InChI is InChI=1S/C20H30N4O4/c1-6-13(2)16(23-19(27)28-20(3,4)5)17(25)21-11-12-24-15-10-8-7-9-14(15)22-18(24)26/h7-10,13,16H,6,11-12H2,1-5H3,(H,21,25)(H,22,26)(H,23,27). The summed E-state index contributed by atoms with van der Waals surface area (Å²) in [6.45, 7) is 9.74. The number of para-hydroxylation sites is 2. The predicted molar refractivity (Wildman–Crippen MR) is 108 cm³/mol. The van der Waals surface area contributed by atoms with Crippen molar-refractivity contribution in [2.75, 3.05) is 6.54 Å². The Labute approximate surface area is 164 Å². The van der Waals surface area contributed by atoms with Gasteiger partial charge in [-0.25, -0.2) is 9.59 Å². The lowest BCUT2D eigenvalue weighted by Crippen LogP contribution is -2.51. The van der Waals surface area contributed by atoms with E-state index in [0.717, 1.165) is 17.5 Å². The third-order valence-electron chi connectivity index (χ3n) is 4.48. The molecule has 154 valence electrons. The van der Waals surface area contributed by atoms with Gasteiger partial charge < -0.3 is 20.4 Å². The van der Waals surface area contributed by atoms with Crippen LogP contribution in [-0.2, 0) is 16.1 Å². The van der Waals surface area contributed by atoms with Crippen LogP contribution in [0.25, 0.3) is 11.0 Å². The second-order valence-corrected chi connectivity index (χ2v) is 7.90. The first-order valence-electron chi connectivity index (χ1n) is 9.57. The number of carbonyl (C=O) groups is 2. The zero-order valence-corrected chi connectivity index (χ0v) is 17.2. The lowest BCUT2D eigenvalue weighted by molar-refractivity contribution is -0.124. The number of imidazole rings is 1. The minimum atomic E-state index is -0.709. The first-order chi connectivity index (χ1) is 13.1. The summed E-state index contributed by atoms with van der Waals surface area (Å²) in [5.74, 6) is -0.364. The van der Waals surface area contributed by atoms with E-state index in [2.05, 4.69) is 15.6 Å². The minimum absolute atomic E-state index is 0.0664. The van der Waals surface area contributed by atoms with E-state index in [1.807, 2.05) is 38.1 Å². The number of ether oxygens (including phenoxy) is 1. The molecule has 0 radical (unpaired) electrons. The number of nitrogens with one attached hydrogen (secondary N) is 3. The predicted octanol–water partition coefficient (Wildman–Crippen LogP) is 2.39. The Morgan fingerprint density at radius 3 is 2.57 bits per heavy atom. The van der Waals surface area contributed by atoms with E-state index in [9.17, 15) is 14.4 Å².